The van der Waals surface area contributed by atoms with Gasteiger partial charge in [0, 0.05) is 35.7 Å². The molecule has 4 aromatic rings. The van der Waals surface area contributed by atoms with Gasteiger partial charge >= 0.3 is 5.69 Å². The predicted molar refractivity (Wildman–Crippen MR) is 125 cm³/mol. The lowest BCUT2D eigenvalue weighted by Crippen LogP contribution is -2.39. The molecular formula is C21H18Cl3N5O2. The summed E-state index contributed by atoms with van der Waals surface area (Å²) in [5, 5.41) is 4.67. The number of aromatic nitrogens is 4. The van der Waals surface area contributed by atoms with Gasteiger partial charge in [-0.25, -0.2) is 4.79 Å². The minimum atomic E-state index is -0.487. The van der Waals surface area contributed by atoms with Crippen molar-refractivity contribution in [3.63, 3.8) is 0 Å². The molecule has 0 saturated heterocycles. The number of hydrogen-bond acceptors (Lipinski definition) is 4. The van der Waals surface area contributed by atoms with Crippen LogP contribution in [-0.4, -0.2) is 18.7 Å². The number of fused-ring (bicyclic) bond motifs is 1. The van der Waals surface area contributed by atoms with Gasteiger partial charge in [0.25, 0.3) is 5.56 Å². The van der Waals surface area contributed by atoms with E-state index in [4.69, 9.17) is 34.8 Å². The molecule has 0 fully saturated rings. The highest BCUT2D eigenvalue weighted by molar-refractivity contribution is 6.35. The first-order valence-electron chi connectivity index (χ1n) is 9.35. The zero-order chi connectivity index (χ0) is 22.3. The van der Waals surface area contributed by atoms with E-state index in [-0.39, 0.29) is 12.2 Å². The fraction of sp³-hybridized carbons (Fsp3) is 0.190. The van der Waals surface area contributed by atoms with Gasteiger partial charge in [-0.2, -0.15) is 4.98 Å². The highest BCUT2D eigenvalue weighted by Crippen LogP contribution is 2.22. The summed E-state index contributed by atoms with van der Waals surface area (Å²) in [5.41, 5.74) is 1.15. The minimum absolute atomic E-state index is 0.0189. The molecule has 0 atom stereocenters. The Morgan fingerprint density at radius 3 is 2.39 bits per heavy atom. The first-order valence-corrected chi connectivity index (χ1v) is 10.5. The van der Waals surface area contributed by atoms with Crippen molar-refractivity contribution < 1.29 is 0 Å². The Hall–Kier alpha value is -2.74. The Labute approximate surface area is 192 Å². The van der Waals surface area contributed by atoms with Gasteiger partial charge in [0.05, 0.1) is 6.54 Å². The van der Waals surface area contributed by atoms with Crippen LogP contribution in [0.5, 0.6) is 0 Å². The van der Waals surface area contributed by atoms with Crippen LogP contribution < -0.4 is 16.6 Å². The normalized spacial score (nSPS) is 11.3. The van der Waals surface area contributed by atoms with Crippen LogP contribution in [0.1, 0.15) is 11.1 Å². The number of nitrogens with one attached hydrogen (secondary N) is 1. The van der Waals surface area contributed by atoms with Crippen molar-refractivity contribution in [3.8, 4) is 0 Å². The maximum atomic E-state index is 13.2. The van der Waals surface area contributed by atoms with Crippen molar-refractivity contribution in [2.75, 3.05) is 5.32 Å². The first-order chi connectivity index (χ1) is 14.8. The molecule has 7 nitrogen and oxygen atoms in total. The van der Waals surface area contributed by atoms with Gasteiger partial charge in [0.15, 0.2) is 11.2 Å². The molecule has 4 rings (SSSR count). The molecule has 0 aliphatic carbocycles. The van der Waals surface area contributed by atoms with Crippen molar-refractivity contribution in [3.05, 3.63) is 89.5 Å². The van der Waals surface area contributed by atoms with E-state index in [1.807, 2.05) is 18.2 Å². The summed E-state index contributed by atoms with van der Waals surface area (Å²) in [5.74, 6) is 0.448. The highest BCUT2D eigenvalue weighted by atomic mass is 35.5. The number of halogens is 3. The lowest BCUT2D eigenvalue weighted by atomic mass is 10.2. The smallest absolute Gasteiger partial charge is 0.332 e. The van der Waals surface area contributed by atoms with Crippen molar-refractivity contribution in [2.24, 2.45) is 14.1 Å². The Bertz CT molecular complexity index is 1420. The standard InChI is InChI=1S/C21H18Cl3N5O2/c1-27-17-18(26-20(27)25-10-12-5-3-4-6-15(12)23)28(2)21(31)29(19(17)30)11-13-7-8-14(22)9-16(13)24/h3-9H,10-11H2,1-2H3,(H,25,26). The van der Waals surface area contributed by atoms with E-state index in [0.717, 1.165) is 10.1 Å². The van der Waals surface area contributed by atoms with Gasteiger partial charge in [-0.15, -0.1) is 0 Å². The second kappa shape index (κ2) is 8.42. The Morgan fingerprint density at radius 2 is 1.68 bits per heavy atom. The summed E-state index contributed by atoms with van der Waals surface area (Å²) in [6.45, 7) is 0.435. The molecule has 0 amide bonds. The summed E-state index contributed by atoms with van der Waals surface area (Å²) < 4.78 is 4.12. The summed E-state index contributed by atoms with van der Waals surface area (Å²) in [6, 6.07) is 12.4. The maximum Gasteiger partial charge on any atom is 0.332 e. The molecule has 0 saturated carbocycles. The zero-order valence-corrected chi connectivity index (χ0v) is 19.0. The van der Waals surface area contributed by atoms with Crippen molar-refractivity contribution >= 4 is 51.9 Å². The predicted octanol–water partition coefficient (Wildman–Crippen LogP) is 4.05. The topological polar surface area (TPSA) is 73.8 Å². The average Bonchev–Trinajstić information content (AvgIpc) is 3.07. The Morgan fingerprint density at radius 1 is 0.935 bits per heavy atom. The van der Waals surface area contributed by atoms with Gasteiger partial charge < -0.3 is 9.88 Å². The van der Waals surface area contributed by atoms with Gasteiger partial charge in [-0.3, -0.25) is 13.9 Å². The fourth-order valence-electron chi connectivity index (χ4n) is 3.38. The van der Waals surface area contributed by atoms with E-state index in [1.54, 1.807) is 42.9 Å². The van der Waals surface area contributed by atoms with Crippen molar-refractivity contribution in [1.29, 1.82) is 0 Å². The molecule has 0 bridgehead atoms. The second-order valence-electron chi connectivity index (χ2n) is 7.08. The SMILES string of the molecule is Cn1c(NCc2ccccc2Cl)nc2c1c(=O)n(Cc1ccc(Cl)cc1Cl)c(=O)n2C. The molecular weight excluding hydrogens is 461 g/mol. The van der Waals surface area contributed by atoms with Crippen LogP contribution in [0.15, 0.2) is 52.1 Å². The summed E-state index contributed by atoms with van der Waals surface area (Å²) in [7, 11) is 3.30. The molecule has 1 N–H and O–H groups in total. The number of rotatable bonds is 5. The van der Waals surface area contributed by atoms with E-state index in [1.165, 1.54) is 4.57 Å². The summed E-state index contributed by atoms with van der Waals surface area (Å²) in [6.07, 6.45) is 0. The molecule has 2 aromatic carbocycles. The fourth-order valence-corrected chi connectivity index (χ4v) is 4.05. The van der Waals surface area contributed by atoms with Crippen molar-refractivity contribution in [2.45, 2.75) is 13.1 Å². The van der Waals surface area contributed by atoms with Gasteiger partial charge in [0.2, 0.25) is 5.95 Å². The molecule has 2 aromatic heterocycles. The second-order valence-corrected chi connectivity index (χ2v) is 8.33. The largest absolute Gasteiger partial charge is 0.351 e. The molecule has 10 heteroatoms. The molecule has 2 heterocycles. The van der Waals surface area contributed by atoms with Gasteiger partial charge in [-0.1, -0.05) is 59.1 Å². The third-order valence-corrected chi connectivity index (χ3v) is 6.05. The minimum Gasteiger partial charge on any atom is -0.351 e. The van der Waals surface area contributed by atoms with E-state index < -0.39 is 11.2 Å². The number of hydrogen-bond donors (Lipinski definition) is 1. The number of imidazole rings is 1. The quantitative estimate of drug-likeness (QED) is 0.469. The zero-order valence-electron chi connectivity index (χ0n) is 16.7. The lowest BCUT2D eigenvalue weighted by molar-refractivity contribution is 0.655. The average molecular weight is 479 g/mol. The van der Waals surface area contributed by atoms with Crippen LogP contribution in [0, 0.1) is 0 Å². The number of anilines is 1. The van der Waals surface area contributed by atoms with E-state index >= 15 is 0 Å². The highest BCUT2D eigenvalue weighted by Gasteiger charge is 2.19. The molecule has 0 aliphatic heterocycles. The Balaban J connectivity index is 1.77. The molecule has 0 aliphatic rings. The van der Waals surface area contributed by atoms with E-state index in [0.29, 0.717) is 38.6 Å². The number of aryl methyl sites for hydroxylation is 2. The van der Waals surface area contributed by atoms with Crippen molar-refractivity contribution in [1.82, 2.24) is 18.7 Å². The molecule has 0 radical (unpaired) electrons. The van der Waals surface area contributed by atoms with Gasteiger partial charge in [-0.05, 0) is 29.3 Å². The van der Waals surface area contributed by atoms with Crippen LogP contribution in [-0.2, 0) is 27.2 Å². The van der Waals surface area contributed by atoms with Crippen LogP contribution in [0.3, 0.4) is 0 Å². The monoisotopic (exact) mass is 477 g/mol. The Kier molecular flexibility index (Phi) is 5.83. The van der Waals surface area contributed by atoms with Crippen LogP contribution in [0.4, 0.5) is 5.95 Å². The third kappa shape index (κ3) is 3.96. The summed E-state index contributed by atoms with van der Waals surface area (Å²) in [4.78, 5) is 30.6. The lowest BCUT2D eigenvalue weighted by Gasteiger charge is -2.10. The van der Waals surface area contributed by atoms with Gasteiger partial charge in [0.1, 0.15) is 0 Å². The summed E-state index contributed by atoms with van der Waals surface area (Å²) >= 11 is 18.4. The van der Waals surface area contributed by atoms with Crippen LogP contribution in [0.2, 0.25) is 15.1 Å². The van der Waals surface area contributed by atoms with Crippen LogP contribution >= 0.6 is 34.8 Å². The molecule has 160 valence electrons. The maximum absolute atomic E-state index is 13.2. The molecule has 0 unspecified atom stereocenters. The van der Waals surface area contributed by atoms with E-state index in [9.17, 15) is 9.59 Å². The number of benzene rings is 2. The first kappa shape index (κ1) is 21.5. The number of nitrogens with zero attached hydrogens (tertiary/aromatic N) is 4. The molecule has 0 spiro atoms. The van der Waals surface area contributed by atoms with Crippen LogP contribution in [0.25, 0.3) is 11.2 Å². The third-order valence-electron chi connectivity index (χ3n) is 5.10. The molecule has 31 heavy (non-hydrogen) atoms. The van der Waals surface area contributed by atoms with E-state index in [2.05, 4.69) is 10.3 Å².